The van der Waals surface area contributed by atoms with Gasteiger partial charge in [-0.2, -0.15) is 5.10 Å². The second-order valence-corrected chi connectivity index (χ2v) is 10.2. The third kappa shape index (κ3) is 3.50. The fourth-order valence-electron chi connectivity index (χ4n) is 5.05. The second-order valence-electron chi connectivity index (χ2n) is 9.23. The van der Waals surface area contributed by atoms with Crippen LogP contribution >= 0.6 is 11.3 Å². The van der Waals surface area contributed by atoms with E-state index in [0.717, 1.165) is 28.9 Å². The Labute approximate surface area is 211 Å². The standard InChI is InChI=1S/C27H25N5O3S/c1-4-31-15-17(14-28-31)13-21-25(34)32-23-18-10-6-8-12-20(18)35-27(3,30-26(32)36-21)22(23)24(33)29-19-11-7-5-9-16(19)2/h5-15,22-23H,4H2,1-3H3,(H,29,33). The number of para-hydroxylation sites is 2. The topological polar surface area (TPSA) is 90.5 Å². The van der Waals surface area contributed by atoms with Crippen LogP contribution in [-0.2, 0) is 11.3 Å². The van der Waals surface area contributed by atoms with Gasteiger partial charge in [0.1, 0.15) is 11.7 Å². The van der Waals surface area contributed by atoms with Crippen molar-refractivity contribution in [1.82, 2.24) is 14.3 Å². The van der Waals surface area contributed by atoms with Crippen LogP contribution in [0.1, 0.15) is 36.6 Å². The lowest BCUT2D eigenvalue weighted by molar-refractivity contribution is -0.131. The lowest BCUT2D eigenvalue weighted by Crippen LogP contribution is -2.59. The molecule has 9 heteroatoms. The molecule has 0 spiro atoms. The van der Waals surface area contributed by atoms with E-state index in [1.807, 2.05) is 86.3 Å². The number of ether oxygens (including phenoxy) is 1. The molecule has 4 heterocycles. The summed E-state index contributed by atoms with van der Waals surface area (Å²) in [4.78, 5) is 33.0. The number of carbonyl (C=O) groups is 1. The highest BCUT2D eigenvalue weighted by molar-refractivity contribution is 7.07. The number of nitrogens with one attached hydrogen (secondary N) is 1. The Balaban J connectivity index is 1.53. The number of benzene rings is 2. The predicted octanol–water partition coefficient (Wildman–Crippen LogP) is 2.85. The van der Waals surface area contributed by atoms with E-state index in [0.29, 0.717) is 15.1 Å². The number of aryl methyl sites for hydroxylation is 2. The average Bonchev–Trinajstić information content (AvgIpc) is 3.43. The summed E-state index contributed by atoms with van der Waals surface area (Å²) < 4.78 is 10.4. The van der Waals surface area contributed by atoms with Crippen LogP contribution in [-0.4, -0.2) is 26.0 Å². The van der Waals surface area contributed by atoms with Crippen LogP contribution < -0.4 is 24.9 Å². The number of nitrogens with zero attached hydrogens (tertiary/aromatic N) is 4. The fraction of sp³-hybridized carbons (Fsp3) is 0.259. The van der Waals surface area contributed by atoms with Gasteiger partial charge in [0.15, 0.2) is 4.80 Å². The Kier molecular flexibility index (Phi) is 5.19. The van der Waals surface area contributed by atoms with E-state index in [9.17, 15) is 9.59 Å². The first-order chi connectivity index (χ1) is 17.4. The molecule has 3 unspecified atom stereocenters. The molecule has 2 aliphatic heterocycles. The van der Waals surface area contributed by atoms with E-state index >= 15 is 0 Å². The summed E-state index contributed by atoms with van der Waals surface area (Å²) in [6.07, 6.45) is 5.46. The van der Waals surface area contributed by atoms with E-state index in [2.05, 4.69) is 10.4 Å². The van der Waals surface area contributed by atoms with Gasteiger partial charge in [-0.15, -0.1) is 0 Å². The zero-order valence-electron chi connectivity index (χ0n) is 20.1. The molecular weight excluding hydrogens is 474 g/mol. The molecule has 1 N–H and O–H groups in total. The number of carbonyl (C=O) groups excluding carboxylic acids is 1. The van der Waals surface area contributed by atoms with E-state index in [-0.39, 0.29) is 11.5 Å². The van der Waals surface area contributed by atoms with Crippen LogP contribution in [0.5, 0.6) is 5.75 Å². The minimum Gasteiger partial charge on any atom is -0.465 e. The Morgan fingerprint density at radius 1 is 1.22 bits per heavy atom. The summed E-state index contributed by atoms with van der Waals surface area (Å²) in [5.41, 5.74) is 1.96. The predicted molar refractivity (Wildman–Crippen MR) is 138 cm³/mol. The van der Waals surface area contributed by atoms with E-state index in [4.69, 9.17) is 9.73 Å². The van der Waals surface area contributed by atoms with Crippen molar-refractivity contribution in [1.29, 1.82) is 0 Å². The molecule has 3 atom stereocenters. The summed E-state index contributed by atoms with van der Waals surface area (Å²) >= 11 is 1.30. The first kappa shape index (κ1) is 22.5. The summed E-state index contributed by atoms with van der Waals surface area (Å²) in [6.45, 7) is 6.52. The molecule has 2 aliphatic rings. The summed E-state index contributed by atoms with van der Waals surface area (Å²) in [5, 5.41) is 7.36. The molecular formula is C27H25N5O3S. The summed E-state index contributed by atoms with van der Waals surface area (Å²) in [7, 11) is 0. The molecule has 0 fully saturated rings. The molecule has 8 nitrogen and oxygen atoms in total. The number of anilines is 1. The highest BCUT2D eigenvalue weighted by Crippen LogP contribution is 2.47. The van der Waals surface area contributed by atoms with E-state index in [1.165, 1.54) is 11.3 Å². The van der Waals surface area contributed by atoms with Gasteiger partial charge in [0.05, 0.1) is 16.8 Å². The number of hydrogen-bond acceptors (Lipinski definition) is 6. The molecule has 2 aromatic carbocycles. The van der Waals surface area contributed by atoms with Gasteiger partial charge in [0.2, 0.25) is 11.6 Å². The van der Waals surface area contributed by atoms with Crippen molar-refractivity contribution in [3.8, 4) is 5.75 Å². The third-order valence-corrected chi connectivity index (χ3v) is 7.82. The third-order valence-electron chi connectivity index (χ3n) is 6.84. The Morgan fingerprint density at radius 3 is 2.78 bits per heavy atom. The van der Waals surface area contributed by atoms with Gasteiger partial charge in [-0.3, -0.25) is 18.8 Å². The fourth-order valence-corrected chi connectivity index (χ4v) is 6.14. The normalized spacial score (nSPS) is 22.2. The number of amides is 1. The molecule has 4 aromatic rings. The summed E-state index contributed by atoms with van der Waals surface area (Å²) in [6, 6.07) is 14.6. The van der Waals surface area contributed by atoms with Crippen molar-refractivity contribution in [3.63, 3.8) is 0 Å². The molecule has 0 aliphatic carbocycles. The maximum absolute atomic E-state index is 13.8. The maximum Gasteiger partial charge on any atom is 0.270 e. The van der Waals surface area contributed by atoms with Gasteiger partial charge < -0.3 is 10.1 Å². The van der Waals surface area contributed by atoms with Gasteiger partial charge in [0, 0.05) is 29.6 Å². The molecule has 2 bridgehead atoms. The van der Waals surface area contributed by atoms with E-state index < -0.39 is 17.7 Å². The molecule has 6 rings (SSSR count). The molecule has 36 heavy (non-hydrogen) atoms. The second kappa shape index (κ2) is 8.30. The number of aromatic nitrogens is 3. The molecule has 0 saturated carbocycles. The van der Waals surface area contributed by atoms with Gasteiger partial charge in [0.25, 0.3) is 5.56 Å². The average molecular weight is 500 g/mol. The Hall–Kier alpha value is -3.98. The SMILES string of the molecule is CCn1cc(C=c2sc3n(c2=O)C2c4ccccc4OC(C)(N=3)C2C(=O)Nc2ccccc2C)cn1. The first-order valence-corrected chi connectivity index (χ1v) is 12.7. The van der Waals surface area contributed by atoms with Crippen molar-refractivity contribution >= 4 is 29.0 Å². The number of thiazole rings is 1. The monoisotopic (exact) mass is 499 g/mol. The van der Waals surface area contributed by atoms with Crippen molar-refractivity contribution in [3.05, 3.63) is 97.3 Å². The van der Waals surface area contributed by atoms with Crippen LogP contribution in [0, 0.1) is 12.8 Å². The van der Waals surface area contributed by atoms with Gasteiger partial charge in [-0.1, -0.05) is 47.7 Å². The van der Waals surface area contributed by atoms with Crippen LogP contribution in [0.2, 0.25) is 0 Å². The maximum atomic E-state index is 13.8. The molecule has 2 aromatic heterocycles. The zero-order valence-corrected chi connectivity index (χ0v) is 21.0. The Morgan fingerprint density at radius 2 is 2.00 bits per heavy atom. The molecule has 0 saturated heterocycles. The molecule has 0 radical (unpaired) electrons. The lowest BCUT2D eigenvalue weighted by atomic mass is 9.80. The number of hydrogen-bond donors (Lipinski definition) is 1. The minimum absolute atomic E-state index is 0.180. The van der Waals surface area contributed by atoms with Gasteiger partial charge in [-0.25, -0.2) is 4.99 Å². The van der Waals surface area contributed by atoms with Crippen molar-refractivity contribution in [2.24, 2.45) is 10.9 Å². The summed E-state index contributed by atoms with van der Waals surface area (Å²) in [5.74, 6) is -0.358. The number of fused-ring (bicyclic) bond motifs is 6. The van der Waals surface area contributed by atoms with Crippen LogP contribution in [0.3, 0.4) is 0 Å². The Bertz CT molecular complexity index is 1680. The van der Waals surface area contributed by atoms with Crippen molar-refractivity contribution in [2.75, 3.05) is 5.32 Å². The molecule has 1 amide bonds. The highest BCUT2D eigenvalue weighted by atomic mass is 32.1. The van der Waals surface area contributed by atoms with Crippen molar-refractivity contribution in [2.45, 2.75) is 39.1 Å². The van der Waals surface area contributed by atoms with Crippen LogP contribution in [0.15, 0.2) is 70.7 Å². The first-order valence-electron chi connectivity index (χ1n) is 11.9. The molecule has 182 valence electrons. The van der Waals surface area contributed by atoms with Crippen LogP contribution in [0.4, 0.5) is 5.69 Å². The van der Waals surface area contributed by atoms with Crippen LogP contribution in [0.25, 0.3) is 6.08 Å². The number of rotatable bonds is 4. The minimum atomic E-state index is -1.17. The van der Waals surface area contributed by atoms with Gasteiger partial charge in [-0.05, 0) is 44.5 Å². The highest BCUT2D eigenvalue weighted by Gasteiger charge is 2.55. The largest absolute Gasteiger partial charge is 0.465 e. The lowest BCUT2D eigenvalue weighted by Gasteiger charge is -2.45. The zero-order chi connectivity index (χ0) is 25.0. The van der Waals surface area contributed by atoms with Crippen molar-refractivity contribution < 1.29 is 9.53 Å². The smallest absolute Gasteiger partial charge is 0.270 e. The van der Waals surface area contributed by atoms with Gasteiger partial charge >= 0.3 is 0 Å². The quantitative estimate of drug-likeness (QED) is 0.468. The van der Waals surface area contributed by atoms with E-state index in [1.54, 1.807) is 10.8 Å².